The number of nitrogens with one attached hydrogen (secondary N) is 1. The zero-order valence-corrected chi connectivity index (χ0v) is 16.5. The zero-order valence-electron chi connectivity index (χ0n) is 16.5. The molecule has 30 heavy (non-hydrogen) atoms. The first-order chi connectivity index (χ1) is 14.7. The Hall–Kier alpha value is -3.30. The molecule has 1 saturated heterocycles. The van der Waals surface area contributed by atoms with Crippen molar-refractivity contribution in [1.82, 2.24) is 19.7 Å². The number of carbonyl (C=O) groups is 1. The summed E-state index contributed by atoms with van der Waals surface area (Å²) in [6.07, 6.45) is 11.5. The number of hydrogen-bond acceptors (Lipinski definition) is 7. The van der Waals surface area contributed by atoms with Crippen LogP contribution in [-0.2, 0) is 16.0 Å². The molecule has 3 aromatic rings. The van der Waals surface area contributed by atoms with Crippen LogP contribution in [0.4, 0.5) is 11.5 Å². The Morgan fingerprint density at radius 2 is 2.13 bits per heavy atom. The Bertz CT molecular complexity index is 985. The number of nitrogen functional groups attached to an aromatic ring is 1. The highest BCUT2D eigenvalue weighted by Gasteiger charge is 2.15. The first-order valence-corrected chi connectivity index (χ1v) is 9.92. The van der Waals surface area contributed by atoms with Gasteiger partial charge in [0.1, 0.15) is 5.82 Å². The first-order valence-electron chi connectivity index (χ1n) is 9.92. The predicted octanol–water partition coefficient (Wildman–Crippen LogP) is 2.72. The van der Waals surface area contributed by atoms with Gasteiger partial charge in [-0.3, -0.25) is 14.5 Å². The number of carbonyl (C=O) groups excluding carboxylic acids is 1. The normalized spacial score (nSPS) is 16.3. The first kappa shape index (κ1) is 20.0. The van der Waals surface area contributed by atoms with Crippen molar-refractivity contribution < 1.29 is 14.3 Å². The van der Waals surface area contributed by atoms with Gasteiger partial charge in [0.15, 0.2) is 6.29 Å². The van der Waals surface area contributed by atoms with Gasteiger partial charge in [0, 0.05) is 48.2 Å². The number of nitrogens with two attached hydrogens (primary N) is 1. The fraction of sp³-hybridized carbons (Fsp3) is 0.333. The van der Waals surface area contributed by atoms with Gasteiger partial charge in [-0.25, -0.2) is 4.98 Å². The molecule has 4 heterocycles. The van der Waals surface area contributed by atoms with Crippen molar-refractivity contribution in [1.29, 1.82) is 0 Å². The minimum atomic E-state index is -0.332. The molecular formula is C21H24N6O3. The number of nitrogens with zero attached hydrogens (tertiary/aromatic N) is 4. The van der Waals surface area contributed by atoms with E-state index in [0.717, 1.165) is 37.0 Å². The zero-order chi connectivity index (χ0) is 20.8. The van der Waals surface area contributed by atoms with Crippen LogP contribution in [0.2, 0.25) is 0 Å². The average Bonchev–Trinajstić information content (AvgIpc) is 3.24. The highest BCUT2D eigenvalue weighted by molar-refractivity contribution is 6.07. The quantitative estimate of drug-likeness (QED) is 0.617. The molecule has 0 aromatic carbocycles. The summed E-state index contributed by atoms with van der Waals surface area (Å²) in [7, 11) is 0. The Labute approximate surface area is 174 Å². The van der Waals surface area contributed by atoms with E-state index in [2.05, 4.69) is 20.4 Å². The second-order valence-electron chi connectivity index (χ2n) is 7.01. The molecular weight excluding hydrogens is 384 g/mol. The van der Waals surface area contributed by atoms with Crippen molar-refractivity contribution in [2.24, 2.45) is 0 Å². The van der Waals surface area contributed by atoms with Crippen LogP contribution >= 0.6 is 0 Å². The topological polar surface area (TPSA) is 117 Å². The van der Waals surface area contributed by atoms with E-state index in [1.165, 1.54) is 0 Å². The molecule has 1 aliphatic heterocycles. The molecule has 1 atom stereocenters. The number of ether oxygens (including phenoxy) is 2. The molecule has 4 rings (SSSR count). The molecule has 0 spiro atoms. The average molecular weight is 408 g/mol. The summed E-state index contributed by atoms with van der Waals surface area (Å²) in [5, 5.41) is 7.16. The summed E-state index contributed by atoms with van der Waals surface area (Å²) >= 11 is 0. The monoisotopic (exact) mass is 408 g/mol. The molecule has 0 radical (unpaired) electrons. The second kappa shape index (κ2) is 9.47. The van der Waals surface area contributed by atoms with Gasteiger partial charge in [0.25, 0.3) is 5.91 Å². The number of pyridine rings is 2. The van der Waals surface area contributed by atoms with E-state index < -0.39 is 0 Å². The lowest BCUT2D eigenvalue weighted by atomic mass is 10.1. The van der Waals surface area contributed by atoms with Crippen molar-refractivity contribution in [2.75, 3.05) is 24.3 Å². The lowest BCUT2D eigenvalue weighted by Crippen LogP contribution is -2.24. The molecule has 0 aliphatic carbocycles. The van der Waals surface area contributed by atoms with Crippen LogP contribution in [0.1, 0.15) is 29.6 Å². The third-order valence-electron chi connectivity index (χ3n) is 4.83. The van der Waals surface area contributed by atoms with E-state index in [1.807, 2.05) is 6.20 Å². The predicted molar refractivity (Wildman–Crippen MR) is 112 cm³/mol. The Kier molecular flexibility index (Phi) is 6.31. The number of amides is 1. The lowest BCUT2D eigenvalue weighted by molar-refractivity contribution is -0.163. The summed E-state index contributed by atoms with van der Waals surface area (Å²) in [5.74, 6) is -0.167. The fourth-order valence-electron chi connectivity index (χ4n) is 3.20. The molecule has 9 nitrogen and oxygen atoms in total. The molecule has 3 N–H and O–H groups in total. The van der Waals surface area contributed by atoms with Crippen LogP contribution in [0.5, 0.6) is 0 Å². The molecule has 0 saturated carbocycles. The van der Waals surface area contributed by atoms with Crippen molar-refractivity contribution in [3.63, 3.8) is 0 Å². The van der Waals surface area contributed by atoms with Gasteiger partial charge < -0.3 is 20.5 Å². The van der Waals surface area contributed by atoms with E-state index in [-0.39, 0.29) is 18.0 Å². The van der Waals surface area contributed by atoms with E-state index in [9.17, 15) is 4.79 Å². The largest absolute Gasteiger partial charge is 0.383 e. The maximum atomic E-state index is 12.6. The molecule has 3 aromatic heterocycles. The van der Waals surface area contributed by atoms with Crippen LogP contribution in [0.15, 0.2) is 49.2 Å². The third-order valence-corrected chi connectivity index (χ3v) is 4.83. The van der Waals surface area contributed by atoms with Gasteiger partial charge in [-0.05, 0) is 37.5 Å². The highest BCUT2D eigenvalue weighted by atomic mass is 16.7. The molecule has 9 heteroatoms. The van der Waals surface area contributed by atoms with Crippen LogP contribution in [0.25, 0.3) is 11.1 Å². The minimum Gasteiger partial charge on any atom is -0.383 e. The summed E-state index contributed by atoms with van der Waals surface area (Å²) in [5.41, 5.74) is 8.46. The highest BCUT2D eigenvalue weighted by Crippen LogP contribution is 2.22. The molecule has 1 fully saturated rings. The van der Waals surface area contributed by atoms with E-state index in [1.54, 1.807) is 47.7 Å². The van der Waals surface area contributed by atoms with Gasteiger partial charge in [-0.2, -0.15) is 5.10 Å². The molecule has 0 bridgehead atoms. The van der Waals surface area contributed by atoms with E-state index >= 15 is 0 Å². The van der Waals surface area contributed by atoms with Gasteiger partial charge >= 0.3 is 0 Å². The van der Waals surface area contributed by atoms with E-state index in [0.29, 0.717) is 24.4 Å². The van der Waals surface area contributed by atoms with E-state index in [4.69, 9.17) is 15.2 Å². The summed E-state index contributed by atoms with van der Waals surface area (Å²) < 4.78 is 13.1. The summed E-state index contributed by atoms with van der Waals surface area (Å²) in [6.45, 7) is 1.89. The van der Waals surface area contributed by atoms with Crippen LogP contribution in [0, 0.1) is 0 Å². The van der Waals surface area contributed by atoms with Crippen molar-refractivity contribution in [2.45, 2.75) is 32.1 Å². The van der Waals surface area contributed by atoms with Crippen molar-refractivity contribution in [3.05, 3.63) is 54.7 Å². The number of hydrogen-bond donors (Lipinski definition) is 2. The van der Waals surface area contributed by atoms with Crippen molar-refractivity contribution in [3.8, 4) is 11.1 Å². The van der Waals surface area contributed by atoms with Gasteiger partial charge in [0.2, 0.25) is 0 Å². The maximum Gasteiger partial charge on any atom is 0.259 e. The summed E-state index contributed by atoms with van der Waals surface area (Å²) in [4.78, 5) is 20.7. The van der Waals surface area contributed by atoms with Gasteiger partial charge in [0.05, 0.1) is 24.9 Å². The number of anilines is 2. The number of rotatable bonds is 7. The molecule has 156 valence electrons. The Balaban J connectivity index is 1.40. The maximum absolute atomic E-state index is 12.6. The number of aromatic nitrogens is 4. The van der Waals surface area contributed by atoms with Gasteiger partial charge in [-0.15, -0.1) is 0 Å². The van der Waals surface area contributed by atoms with Crippen LogP contribution in [0.3, 0.4) is 0 Å². The second-order valence-corrected chi connectivity index (χ2v) is 7.01. The fourth-order valence-corrected chi connectivity index (χ4v) is 3.20. The third kappa shape index (κ3) is 5.00. The van der Waals surface area contributed by atoms with Crippen LogP contribution < -0.4 is 11.1 Å². The Morgan fingerprint density at radius 3 is 2.93 bits per heavy atom. The molecule has 1 unspecified atom stereocenters. The smallest absolute Gasteiger partial charge is 0.259 e. The van der Waals surface area contributed by atoms with Gasteiger partial charge in [-0.1, -0.05) is 0 Å². The SMILES string of the molecule is Nc1ncc(-c2cnn(CCOC3CCCCO3)c2)cc1C(=O)Nc1ccncc1. The van der Waals surface area contributed by atoms with Crippen molar-refractivity contribution >= 4 is 17.4 Å². The molecule has 1 amide bonds. The molecule has 1 aliphatic rings. The minimum absolute atomic E-state index is 0.114. The Morgan fingerprint density at radius 1 is 1.27 bits per heavy atom. The summed E-state index contributed by atoms with van der Waals surface area (Å²) in [6, 6.07) is 5.12. The van der Waals surface area contributed by atoms with Crippen LogP contribution in [-0.4, -0.2) is 45.2 Å². The standard InChI is InChI=1S/C21H24N6O3/c22-20-18(21(28)26-17-4-6-23-7-5-17)11-15(12-24-20)16-13-25-27(14-16)8-10-30-19-3-1-2-9-29-19/h4-7,11-14,19H,1-3,8-10H2,(H2,22,24)(H,23,26,28). The lowest BCUT2D eigenvalue weighted by Gasteiger charge is -2.22.